The van der Waals surface area contributed by atoms with Crippen LogP contribution < -0.4 is 15.5 Å². The molecule has 1 aliphatic rings. The van der Waals surface area contributed by atoms with Crippen LogP contribution in [0.25, 0.3) is 11.3 Å². The molecule has 4 rings (SSSR count). The maximum atomic E-state index is 12.7. The van der Waals surface area contributed by atoms with Gasteiger partial charge >= 0.3 is 0 Å². The molecule has 10 heteroatoms. The van der Waals surface area contributed by atoms with Crippen LogP contribution in [0.5, 0.6) is 0 Å². The maximum absolute atomic E-state index is 12.7. The van der Waals surface area contributed by atoms with E-state index in [1.54, 1.807) is 30.3 Å². The number of furan rings is 1. The molecule has 34 heavy (non-hydrogen) atoms. The fraction of sp³-hybridized carbons (Fsp3) is 0.250. The van der Waals surface area contributed by atoms with Gasteiger partial charge in [-0.25, -0.2) is 0 Å². The van der Waals surface area contributed by atoms with Crippen LogP contribution >= 0.6 is 47.0 Å². The number of para-hydroxylation sites is 1. The minimum absolute atomic E-state index is 0.0946. The lowest BCUT2D eigenvalue weighted by Gasteiger charge is -2.37. The van der Waals surface area contributed by atoms with E-state index in [2.05, 4.69) is 27.4 Å². The van der Waals surface area contributed by atoms with E-state index in [0.717, 1.165) is 44.1 Å². The summed E-state index contributed by atoms with van der Waals surface area (Å²) in [6, 6.07) is 14.0. The van der Waals surface area contributed by atoms with Gasteiger partial charge < -0.3 is 19.5 Å². The van der Waals surface area contributed by atoms with Gasteiger partial charge in [-0.2, -0.15) is 0 Å². The second kappa shape index (κ2) is 11.0. The number of benzene rings is 2. The van der Waals surface area contributed by atoms with Gasteiger partial charge in [0.2, 0.25) is 0 Å². The molecule has 178 valence electrons. The Labute approximate surface area is 218 Å². The van der Waals surface area contributed by atoms with E-state index in [9.17, 15) is 4.79 Å². The zero-order valence-electron chi connectivity index (χ0n) is 18.4. The normalized spacial score (nSPS) is 14.2. The molecular weight excluding hydrogens is 515 g/mol. The Morgan fingerprint density at radius 2 is 1.71 bits per heavy atom. The van der Waals surface area contributed by atoms with Crippen LogP contribution in [0.2, 0.25) is 15.1 Å². The smallest absolute Gasteiger partial charge is 0.293 e. The second-order valence-electron chi connectivity index (χ2n) is 7.73. The average molecular weight is 538 g/mol. The van der Waals surface area contributed by atoms with E-state index in [-0.39, 0.29) is 10.9 Å². The number of carbonyl (C=O) groups excluding carboxylic acids is 1. The Bertz CT molecular complexity index is 1210. The summed E-state index contributed by atoms with van der Waals surface area (Å²) in [5.41, 5.74) is 2.20. The van der Waals surface area contributed by atoms with E-state index >= 15 is 0 Å². The third-order valence-electron chi connectivity index (χ3n) is 5.64. The fourth-order valence-electron chi connectivity index (χ4n) is 3.84. The summed E-state index contributed by atoms with van der Waals surface area (Å²) in [5.74, 6) is 0.0408. The van der Waals surface area contributed by atoms with Crippen molar-refractivity contribution in [2.24, 2.45) is 0 Å². The third-order valence-corrected chi connectivity index (χ3v) is 6.97. The molecule has 2 aromatic carbocycles. The van der Waals surface area contributed by atoms with E-state index < -0.39 is 5.91 Å². The van der Waals surface area contributed by atoms with Crippen molar-refractivity contribution in [3.63, 3.8) is 0 Å². The molecule has 0 aliphatic carbocycles. The third kappa shape index (κ3) is 5.50. The Kier molecular flexibility index (Phi) is 8.01. The van der Waals surface area contributed by atoms with E-state index in [0.29, 0.717) is 26.4 Å². The van der Waals surface area contributed by atoms with Gasteiger partial charge in [0.15, 0.2) is 10.9 Å². The summed E-state index contributed by atoms with van der Waals surface area (Å²) >= 11 is 24.3. The van der Waals surface area contributed by atoms with E-state index in [1.807, 2.05) is 18.2 Å². The number of likely N-dealkylation sites (N-methyl/N-ethyl adjacent to an activating group) is 1. The highest BCUT2D eigenvalue weighted by atomic mass is 35.5. The van der Waals surface area contributed by atoms with Gasteiger partial charge in [0.25, 0.3) is 5.91 Å². The topological polar surface area (TPSA) is 60.8 Å². The molecule has 2 heterocycles. The van der Waals surface area contributed by atoms with Crippen LogP contribution in [-0.4, -0.2) is 48.6 Å². The van der Waals surface area contributed by atoms with Crippen molar-refractivity contribution < 1.29 is 9.21 Å². The van der Waals surface area contributed by atoms with E-state index in [4.69, 9.17) is 51.4 Å². The highest BCUT2D eigenvalue weighted by Gasteiger charge is 2.22. The first-order valence-corrected chi connectivity index (χ1v) is 12.3. The first-order chi connectivity index (χ1) is 16.4. The Morgan fingerprint density at radius 1 is 1.00 bits per heavy atom. The SMILES string of the molecule is CCN1CCN(c2c(Cl)cccc2NC(=S)NC(=O)c2ccc(-c3cccc(Cl)c3Cl)o2)CC1. The van der Waals surface area contributed by atoms with Crippen molar-refractivity contribution >= 4 is 69.4 Å². The van der Waals surface area contributed by atoms with Gasteiger partial charge in [-0.3, -0.25) is 10.1 Å². The average Bonchev–Trinajstić information content (AvgIpc) is 3.31. The number of carbonyl (C=O) groups is 1. The molecule has 0 saturated carbocycles. The van der Waals surface area contributed by atoms with Crippen LogP contribution in [0.4, 0.5) is 11.4 Å². The Morgan fingerprint density at radius 3 is 2.44 bits per heavy atom. The molecule has 1 aliphatic heterocycles. The van der Waals surface area contributed by atoms with Crippen molar-refractivity contribution in [2.45, 2.75) is 6.92 Å². The summed E-state index contributed by atoms with van der Waals surface area (Å²) in [7, 11) is 0. The number of thiocarbonyl (C=S) groups is 1. The molecule has 1 fully saturated rings. The number of halogens is 3. The largest absolute Gasteiger partial charge is 0.451 e. The number of amides is 1. The second-order valence-corrected chi connectivity index (χ2v) is 9.33. The van der Waals surface area contributed by atoms with Crippen LogP contribution in [0, 0.1) is 0 Å². The number of hydrogen-bond acceptors (Lipinski definition) is 5. The summed E-state index contributed by atoms with van der Waals surface area (Å²) < 4.78 is 5.70. The van der Waals surface area contributed by atoms with Crippen molar-refractivity contribution in [2.75, 3.05) is 42.9 Å². The molecule has 1 aromatic heterocycles. The highest BCUT2D eigenvalue weighted by molar-refractivity contribution is 7.80. The van der Waals surface area contributed by atoms with Gasteiger partial charge in [0.05, 0.1) is 26.4 Å². The Balaban J connectivity index is 1.45. The van der Waals surface area contributed by atoms with Crippen molar-refractivity contribution in [1.29, 1.82) is 0 Å². The lowest BCUT2D eigenvalue weighted by Crippen LogP contribution is -2.46. The zero-order valence-corrected chi connectivity index (χ0v) is 21.5. The van der Waals surface area contributed by atoms with E-state index in [1.165, 1.54) is 0 Å². The van der Waals surface area contributed by atoms with Crippen molar-refractivity contribution in [1.82, 2.24) is 10.2 Å². The molecule has 0 bridgehead atoms. The van der Waals surface area contributed by atoms with Gasteiger partial charge in [0, 0.05) is 31.7 Å². The summed E-state index contributed by atoms with van der Waals surface area (Å²) in [6.07, 6.45) is 0. The number of nitrogens with one attached hydrogen (secondary N) is 2. The number of hydrogen-bond donors (Lipinski definition) is 2. The lowest BCUT2D eigenvalue weighted by atomic mass is 10.2. The zero-order chi connectivity index (χ0) is 24.2. The van der Waals surface area contributed by atoms with Gasteiger partial charge in [-0.15, -0.1) is 0 Å². The number of anilines is 2. The number of rotatable bonds is 5. The number of piperazine rings is 1. The predicted octanol–water partition coefficient (Wildman–Crippen LogP) is 6.18. The van der Waals surface area contributed by atoms with Crippen LogP contribution in [-0.2, 0) is 0 Å². The molecule has 3 aromatic rings. The first kappa shape index (κ1) is 24.8. The predicted molar refractivity (Wildman–Crippen MR) is 144 cm³/mol. The standard InChI is InChI=1S/C24H23Cl3N4O2S/c1-2-30-11-13-31(14-12-30)22-17(26)7-4-8-18(22)28-24(34)29-23(32)20-10-9-19(33-20)15-5-3-6-16(25)21(15)27/h3-10H,2,11-14H2,1H3,(H2,28,29,32,34). The maximum Gasteiger partial charge on any atom is 0.293 e. The minimum Gasteiger partial charge on any atom is -0.451 e. The summed E-state index contributed by atoms with van der Waals surface area (Å²) in [5, 5.41) is 7.29. The highest BCUT2D eigenvalue weighted by Crippen LogP contribution is 2.35. The molecule has 0 atom stereocenters. The summed E-state index contributed by atoms with van der Waals surface area (Å²) in [6.45, 7) is 6.80. The van der Waals surface area contributed by atoms with Crippen LogP contribution in [0.3, 0.4) is 0 Å². The quantitative estimate of drug-likeness (QED) is 0.379. The Hall–Kier alpha value is -2.29. The van der Waals surface area contributed by atoms with Crippen molar-refractivity contribution in [3.05, 3.63) is 69.4 Å². The molecule has 1 amide bonds. The molecule has 1 saturated heterocycles. The van der Waals surface area contributed by atoms with Gasteiger partial charge in [-0.1, -0.05) is 53.9 Å². The number of nitrogens with zero attached hydrogens (tertiary/aromatic N) is 2. The van der Waals surface area contributed by atoms with Gasteiger partial charge in [0.1, 0.15) is 5.76 Å². The molecule has 0 unspecified atom stereocenters. The molecular formula is C24H23Cl3N4O2S. The molecule has 2 N–H and O–H groups in total. The monoisotopic (exact) mass is 536 g/mol. The minimum atomic E-state index is -0.484. The molecule has 0 spiro atoms. The van der Waals surface area contributed by atoms with Crippen LogP contribution in [0.15, 0.2) is 52.9 Å². The molecule has 6 nitrogen and oxygen atoms in total. The summed E-state index contributed by atoms with van der Waals surface area (Å²) in [4.78, 5) is 17.4. The van der Waals surface area contributed by atoms with Gasteiger partial charge in [-0.05, 0) is 55.2 Å². The first-order valence-electron chi connectivity index (χ1n) is 10.8. The molecule has 0 radical (unpaired) electrons. The fourth-order valence-corrected chi connectivity index (χ4v) is 4.73. The lowest BCUT2D eigenvalue weighted by molar-refractivity contribution is 0.0951. The van der Waals surface area contributed by atoms with Crippen molar-refractivity contribution in [3.8, 4) is 11.3 Å². The van der Waals surface area contributed by atoms with Crippen LogP contribution in [0.1, 0.15) is 17.5 Å².